The topological polar surface area (TPSA) is 95.7 Å². The number of nitrogens with zero attached hydrogens (tertiary/aromatic N) is 1. The summed E-state index contributed by atoms with van der Waals surface area (Å²) in [7, 11) is -0.568. The molecular formula is C23H24BrNO6S. The second-order valence-corrected chi connectivity index (χ2v) is 10.3. The van der Waals surface area contributed by atoms with Crippen molar-refractivity contribution in [1.82, 2.24) is 4.98 Å². The second-order valence-electron chi connectivity index (χ2n) is 7.28. The fourth-order valence-electron chi connectivity index (χ4n) is 3.21. The number of methoxy groups -OCH3 is 2. The van der Waals surface area contributed by atoms with Gasteiger partial charge in [0.1, 0.15) is 28.8 Å². The van der Waals surface area contributed by atoms with Crippen molar-refractivity contribution in [2.24, 2.45) is 0 Å². The fourth-order valence-corrected chi connectivity index (χ4v) is 5.04. The number of halogens is 1. The zero-order valence-corrected chi connectivity index (χ0v) is 20.5. The number of benzene rings is 2. The van der Waals surface area contributed by atoms with Crippen LogP contribution in [-0.2, 0) is 26.8 Å². The molecule has 0 atom stereocenters. The molecule has 9 heteroatoms. The molecule has 0 unspecified atom stereocenters. The molecule has 0 aliphatic heterocycles. The molecule has 170 valence electrons. The van der Waals surface area contributed by atoms with Crippen LogP contribution in [0.1, 0.15) is 23.4 Å². The molecule has 0 spiro atoms. The van der Waals surface area contributed by atoms with Crippen molar-refractivity contribution < 1.29 is 27.1 Å². The Morgan fingerprint density at radius 2 is 1.81 bits per heavy atom. The van der Waals surface area contributed by atoms with Gasteiger partial charge in [-0.25, -0.2) is 13.4 Å². The number of sulfone groups is 1. The zero-order chi connectivity index (χ0) is 23.3. The van der Waals surface area contributed by atoms with Crippen LogP contribution in [0.2, 0.25) is 0 Å². The number of oxazole rings is 1. The molecule has 1 aromatic heterocycles. The highest BCUT2D eigenvalue weighted by atomic mass is 79.9. The summed E-state index contributed by atoms with van der Waals surface area (Å²) in [5.41, 5.74) is 1.85. The molecule has 0 N–H and O–H groups in total. The van der Waals surface area contributed by atoms with Gasteiger partial charge in [-0.2, -0.15) is 0 Å². The Morgan fingerprint density at radius 1 is 1.09 bits per heavy atom. The van der Waals surface area contributed by atoms with Gasteiger partial charge in [-0.15, -0.1) is 0 Å². The smallest absolute Gasteiger partial charge is 0.226 e. The minimum atomic E-state index is -3.70. The van der Waals surface area contributed by atoms with Crippen molar-refractivity contribution in [3.05, 3.63) is 64.0 Å². The van der Waals surface area contributed by atoms with E-state index in [-0.39, 0.29) is 18.0 Å². The Hall–Kier alpha value is -2.65. The number of hydrogen-bond donors (Lipinski definition) is 0. The third kappa shape index (κ3) is 6.20. The monoisotopic (exact) mass is 521 g/mol. The highest BCUT2D eigenvalue weighted by Crippen LogP contribution is 2.26. The lowest BCUT2D eigenvalue weighted by Crippen LogP contribution is -2.18. The highest BCUT2D eigenvalue weighted by Gasteiger charge is 2.22. The van der Waals surface area contributed by atoms with Crippen molar-refractivity contribution in [1.29, 1.82) is 0 Å². The van der Waals surface area contributed by atoms with Gasteiger partial charge in [0.15, 0.2) is 9.84 Å². The number of ether oxygens (including phenoxy) is 2. The van der Waals surface area contributed by atoms with Gasteiger partial charge in [-0.1, -0.05) is 15.9 Å². The molecule has 0 radical (unpaired) electrons. The van der Waals surface area contributed by atoms with Gasteiger partial charge in [0.25, 0.3) is 0 Å². The lowest BCUT2D eigenvalue weighted by Gasteiger charge is -2.09. The minimum Gasteiger partial charge on any atom is -0.497 e. The van der Waals surface area contributed by atoms with Gasteiger partial charge >= 0.3 is 0 Å². The fraction of sp³-hybridized carbons (Fsp3) is 0.304. The second kappa shape index (κ2) is 10.3. The molecule has 7 nitrogen and oxygen atoms in total. The number of rotatable bonds is 10. The van der Waals surface area contributed by atoms with E-state index in [0.29, 0.717) is 40.8 Å². The largest absolute Gasteiger partial charge is 0.497 e. The zero-order valence-electron chi connectivity index (χ0n) is 18.1. The molecule has 3 aromatic rings. The van der Waals surface area contributed by atoms with E-state index >= 15 is 0 Å². The van der Waals surface area contributed by atoms with Gasteiger partial charge < -0.3 is 13.9 Å². The standard InChI is InChI=1S/C23H24BrNO6S/c1-15-21(25-23(31-15)16-5-9-20(29-2)10-6-16)14-32(27,28)13-19(26)8-4-17-12-18(24)7-11-22(17)30-3/h5-7,9-12H,4,8,13-14H2,1-3H3. The number of aryl methyl sites for hydroxylation is 2. The van der Waals surface area contributed by atoms with E-state index in [1.165, 1.54) is 0 Å². The Kier molecular flexibility index (Phi) is 7.73. The summed E-state index contributed by atoms with van der Waals surface area (Å²) in [6.07, 6.45) is 0.489. The summed E-state index contributed by atoms with van der Waals surface area (Å²) in [4.78, 5) is 16.7. The number of aromatic nitrogens is 1. The normalized spacial score (nSPS) is 11.4. The molecule has 0 saturated heterocycles. The van der Waals surface area contributed by atoms with Crippen molar-refractivity contribution in [2.45, 2.75) is 25.5 Å². The van der Waals surface area contributed by atoms with Crippen molar-refractivity contribution in [3.63, 3.8) is 0 Å². The number of Topliss-reactive ketones (excluding diaryl/α,β-unsaturated/α-hetero) is 1. The number of hydrogen-bond acceptors (Lipinski definition) is 7. The van der Waals surface area contributed by atoms with Crippen LogP contribution in [0.4, 0.5) is 0 Å². The first-order chi connectivity index (χ1) is 15.2. The summed E-state index contributed by atoms with van der Waals surface area (Å²) in [6, 6.07) is 12.6. The van der Waals surface area contributed by atoms with Crippen molar-refractivity contribution >= 4 is 31.6 Å². The summed E-state index contributed by atoms with van der Waals surface area (Å²) in [5.74, 6) is 0.822. The molecule has 1 heterocycles. The van der Waals surface area contributed by atoms with Gasteiger partial charge in [0, 0.05) is 16.5 Å². The Morgan fingerprint density at radius 3 is 2.47 bits per heavy atom. The number of carbonyl (C=O) groups is 1. The predicted molar refractivity (Wildman–Crippen MR) is 125 cm³/mol. The summed E-state index contributed by atoms with van der Waals surface area (Å²) < 4.78 is 42.2. The Labute approximate surface area is 195 Å². The number of ketones is 1. The van der Waals surface area contributed by atoms with Crippen LogP contribution in [0.15, 0.2) is 51.4 Å². The maximum atomic E-state index is 12.6. The predicted octanol–water partition coefficient (Wildman–Crippen LogP) is 4.55. The van der Waals surface area contributed by atoms with Crippen LogP contribution in [0.5, 0.6) is 11.5 Å². The molecule has 3 rings (SSSR count). The van der Waals surface area contributed by atoms with E-state index in [0.717, 1.165) is 10.0 Å². The van der Waals surface area contributed by atoms with Crippen LogP contribution >= 0.6 is 15.9 Å². The lowest BCUT2D eigenvalue weighted by molar-refractivity contribution is -0.116. The van der Waals surface area contributed by atoms with Gasteiger partial charge in [0.05, 0.1) is 25.7 Å². The van der Waals surface area contributed by atoms with Crippen LogP contribution in [-0.4, -0.2) is 39.2 Å². The van der Waals surface area contributed by atoms with E-state index in [4.69, 9.17) is 13.9 Å². The maximum Gasteiger partial charge on any atom is 0.226 e. The SMILES string of the molecule is COc1ccc(-c2nc(CS(=O)(=O)CC(=O)CCc3cc(Br)ccc3OC)c(C)o2)cc1. The molecule has 0 fully saturated rings. The molecule has 0 bridgehead atoms. The van der Waals surface area contributed by atoms with Crippen LogP contribution in [0, 0.1) is 6.92 Å². The minimum absolute atomic E-state index is 0.0982. The van der Waals surface area contributed by atoms with Gasteiger partial charge in [-0.05, 0) is 61.4 Å². The Bertz CT molecular complexity index is 1200. The van der Waals surface area contributed by atoms with E-state index in [1.807, 2.05) is 12.1 Å². The van der Waals surface area contributed by atoms with Crippen molar-refractivity contribution in [3.8, 4) is 23.0 Å². The van der Waals surface area contributed by atoms with Crippen LogP contribution in [0.3, 0.4) is 0 Å². The van der Waals surface area contributed by atoms with Crippen LogP contribution in [0.25, 0.3) is 11.5 Å². The first-order valence-corrected chi connectivity index (χ1v) is 12.5. The third-order valence-corrected chi connectivity index (χ3v) is 6.85. The highest BCUT2D eigenvalue weighted by molar-refractivity contribution is 9.10. The van der Waals surface area contributed by atoms with Crippen LogP contribution < -0.4 is 9.47 Å². The molecule has 32 heavy (non-hydrogen) atoms. The number of carbonyl (C=O) groups excluding carboxylic acids is 1. The first-order valence-electron chi connectivity index (χ1n) is 9.86. The summed E-state index contributed by atoms with van der Waals surface area (Å²) in [6.45, 7) is 1.66. The third-order valence-electron chi connectivity index (χ3n) is 4.88. The van der Waals surface area contributed by atoms with E-state index in [2.05, 4.69) is 20.9 Å². The quantitative estimate of drug-likeness (QED) is 0.386. The summed E-state index contributed by atoms with van der Waals surface area (Å²) >= 11 is 3.39. The Balaban J connectivity index is 1.64. The maximum absolute atomic E-state index is 12.6. The molecule has 0 saturated carbocycles. The first kappa shape index (κ1) is 24.0. The molecule has 2 aromatic carbocycles. The molecular weight excluding hydrogens is 498 g/mol. The van der Waals surface area contributed by atoms with Gasteiger partial charge in [0.2, 0.25) is 5.89 Å². The molecule has 0 aliphatic rings. The van der Waals surface area contributed by atoms with Crippen molar-refractivity contribution in [2.75, 3.05) is 20.0 Å². The van der Waals surface area contributed by atoms with E-state index < -0.39 is 15.6 Å². The summed E-state index contributed by atoms with van der Waals surface area (Å²) in [5, 5.41) is 0. The van der Waals surface area contributed by atoms with E-state index in [9.17, 15) is 13.2 Å². The van der Waals surface area contributed by atoms with Gasteiger partial charge in [-0.3, -0.25) is 4.79 Å². The average Bonchev–Trinajstić information content (AvgIpc) is 3.11. The molecule has 0 aliphatic carbocycles. The van der Waals surface area contributed by atoms with E-state index in [1.54, 1.807) is 51.5 Å². The molecule has 0 amide bonds. The lowest BCUT2D eigenvalue weighted by atomic mass is 10.1. The average molecular weight is 522 g/mol.